The van der Waals surface area contributed by atoms with Crippen LogP contribution in [0, 0.1) is 5.92 Å². The zero-order valence-electron chi connectivity index (χ0n) is 10.9. The van der Waals surface area contributed by atoms with Gasteiger partial charge in [0.1, 0.15) is 5.56 Å². The molecule has 19 heavy (non-hydrogen) atoms. The molecule has 0 atom stereocenters. The first-order valence-electron chi connectivity index (χ1n) is 6.36. The second-order valence-corrected chi connectivity index (χ2v) is 5.28. The molecule has 0 amide bonds. The second kappa shape index (κ2) is 4.22. The SMILES string of the molecule is CC1CC(Nc2c(C(=O)O)cnc3c2cnn3C)C1. The van der Waals surface area contributed by atoms with E-state index >= 15 is 0 Å². The Balaban J connectivity index is 2.06. The van der Waals surface area contributed by atoms with Gasteiger partial charge < -0.3 is 10.4 Å². The Labute approximate surface area is 110 Å². The van der Waals surface area contributed by atoms with Crippen molar-refractivity contribution in [3.05, 3.63) is 18.0 Å². The van der Waals surface area contributed by atoms with Gasteiger partial charge in [-0.2, -0.15) is 5.10 Å². The van der Waals surface area contributed by atoms with Crippen molar-refractivity contribution in [2.45, 2.75) is 25.8 Å². The van der Waals surface area contributed by atoms with Crippen LogP contribution in [0.4, 0.5) is 5.69 Å². The highest BCUT2D eigenvalue weighted by Gasteiger charge is 2.27. The maximum Gasteiger partial charge on any atom is 0.339 e. The van der Waals surface area contributed by atoms with Crippen LogP contribution in [0.1, 0.15) is 30.1 Å². The average Bonchev–Trinajstić information content (AvgIpc) is 2.69. The van der Waals surface area contributed by atoms with E-state index in [0.717, 1.165) is 18.2 Å². The van der Waals surface area contributed by atoms with Crippen LogP contribution in [-0.2, 0) is 7.05 Å². The van der Waals surface area contributed by atoms with Crippen molar-refractivity contribution in [2.24, 2.45) is 13.0 Å². The quantitative estimate of drug-likeness (QED) is 0.880. The summed E-state index contributed by atoms with van der Waals surface area (Å²) in [7, 11) is 1.80. The van der Waals surface area contributed by atoms with Crippen LogP contribution in [0.3, 0.4) is 0 Å². The van der Waals surface area contributed by atoms with E-state index in [1.54, 1.807) is 17.9 Å². The molecule has 1 aliphatic rings. The van der Waals surface area contributed by atoms with Crippen LogP contribution < -0.4 is 5.32 Å². The molecule has 0 bridgehead atoms. The molecule has 0 unspecified atom stereocenters. The molecule has 1 aliphatic carbocycles. The molecule has 0 saturated heterocycles. The first-order valence-corrected chi connectivity index (χ1v) is 6.36. The van der Waals surface area contributed by atoms with E-state index in [1.165, 1.54) is 6.20 Å². The van der Waals surface area contributed by atoms with Gasteiger partial charge in [-0.05, 0) is 18.8 Å². The molecule has 2 N–H and O–H groups in total. The Morgan fingerprint density at radius 2 is 2.21 bits per heavy atom. The number of nitrogens with one attached hydrogen (secondary N) is 1. The van der Waals surface area contributed by atoms with Gasteiger partial charge in [-0.3, -0.25) is 4.68 Å². The molecule has 2 aromatic heterocycles. The van der Waals surface area contributed by atoms with Crippen molar-refractivity contribution in [2.75, 3.05) is 5.32 Å². The van der Waals surface area contributed by atoms with Gasteiger partial charge in [0.2, 0.25) is 0 Å². The number of anilines is 1. The van der Waals surface area contributed by atoms with Crippen molar-refractivity contribution in [1.82, 2.24) is 14.8 Å². The highest BCUT2D eigenvalue weighted by molar-refractivity contribution is 6.03. The number of fused-ring (bicyclic) bond motifs is 1. The van der Waals surface area contributed by atoms with Gasteiger partial charge in [-0.25, -0.2) is 9.78 Å². The molecule has 100 valence electrons. The Kier molecular flexibility index (Phi) is 2.66. The number of carboxylic acids is 1. The van der Waals surface area contributed by atoms with E-state index in [2.05, 4.69) is 22.3 Å². The number of hydrogen-bond acceptors (Lipinski definition) is 4. The van der Waals surface area contributed by atoms with E-state index in [1.807, 2.05) is 0 Å². The van der Waals surface area contributed by atoms with Crippen LogP contribution in [0.5, 0.6) is 0 Å². The molecular formula is C13H16N4O2. The molecule has 2 heterocycles. The van der Waals surface area contributed by atoms with Crippen molar-refractivity contribution < 1.29 is 9.90 Å². The van der Waals surface area contributed by atoms with Crippen LogP contribution in [-0.4, -0.2) is 31.9 Å². The Morgan fingerprint density at radius 1 is 1.47 bits per heavy atom. The zero-order valence-corrected chi connectivity index (χ0v) is 10.9. The molecule has 0 aliphatic heterocycles. The summed E-state index contributed by atoms with van der Waals surface area (Å²) < 4.78 is 1.65. The van der Waals surface area contributed by atoms with Crippen LogP contribution >= 0.6 is 0 Å². The van der Waals surface area contributed by atoms with E-state index in [0.29, 0.717) is 23.3 Å². The van der Waals surface area contributed by atoms with Gasteiger partial charge in [0.25, 0.3) is 0 Å². The number of pyridine rings is 1. The summed E-state index contributed by atoms with van der Waals surface area (Å²) in [6.07, 6.45) is 5.21. The molecule has 6 heteroatoms. The maximum absolute atomic E-state index is 11.3. The number of carbonyl (C=O) groups is 1. The summed E-state index contributed by atoms with van der Waals surface area (Å²) in [6.45, 7) is 2.20. The minimum atomic E-state index is -0.965. The number of nitrogens with zero attached hydrogens (tertiary/aromatic N) is 3. The predicted molar refractivity (Wildman–Crippen MR) is 71.3 cm³/mol. The number of aromatic nitrogens is 3. The van der Waals surface area contributed by atoms with Gasteiger partial charge >= 0.3 is 5.97 Å². The van der Waals surface area contributed by atoms with Gasteiger partial charge in [0.15, 0.2) is 5.65 Å². The van der Waals surface area contributed by atoms with Crippen LogP contribution in [0.15, 0.2) is 12.4 Å². The molecule has 0 spiro atoms. The predicted octanol–water partition coefficient (Wildman–Crippen LogP) is 1.88. The largest absolute Gasteiger partial charge is 0.478 e. The maximum atomic E-state index is 11.3. The smallest absolute Gasteiger partial charge is 0.339 e. The molecule has 0 radical (unpaired) electrons. The summed E-state index contributed by atoms with van der Waals surface area (Å²) in [6, 6.07) is 0.346. The summed E-state index contributed by atoms with van der Waals surface area (Å²) >= 11 is 0. The standard InChI is InChI=1S/C13H16N4O2/c1-7-3-8(4-7)16-11-9-6-15-17(2)12(9)14-5-10(11)13(18)19/h5-8H,3-4H2,1-2H3,(H,14,16)(H,18,19). The van der Waals surface area contributed by atoms with Crippen LogP contribution in [0.25, 0.3) is 11.0 Å². The summed E-state index contributed by atoms with van der Waals surface area (Å²) in [5, 5.41) is 17.5. The van der Waals surface area contributed by atoms with E-state index in [9.17, 15) is 9.90 Å². The first-order chi connectivity index (χ1) is 9.06. The van der Waals surface area contributed by atoms with Gasteiger partial charge in [0, 0.05) is 19.3 Å². The second-order valence-electron chi connectivity index (χ2n) is 5.28. The highest BCUT2D eigenvalue weighted by Crippen LogP contribution is 2.33. The monoisotopic (exact) mass is 260 g/mol. The number of rotatable bonds is 3. The average molecular weight is 260 g/mol. The molecular weight excluding hydrogens is 244 g/mol. The van der Waals surface area contributed by atoms with Crippen molar-refractivity contribution >= 4 is 22.7 Å². The lowest BCUT2D eigenvalue weighted by molar-refractivity contribution is 0.0697. The van der Waals surface area contributed by atoms with Crippen molar-refractivity contribution in [3.63, 3.8) is 0 Å². The van der Waals surface area contributed by atoms with Gasteiger partial charge in [-0.15, -0.1) is 0 Å². The van der Waals surface area contributed by atoms with E-state index in [4.69, 9.17) is 0 Å². The van der Waals surface area contributed by atoms with E-state index < -0.39 is 5.97 Å². The molecule has 6 nitrogen and oxygen atoms in total. The highest BCUT2D eigenvalue weighted by atomic mass is 16.4. The molecule has 2 aromatic rings. The van der Waals surface area contributed by atoms with Crippen molar-refractivity contribution in [1.29, 1.82) is 0 Å². The lowest BCUT2D eigenvalue weighted by Crippen LogP contribution is -2.34. The van der Waals surface area contributed by atoms with Gasteiger partial charge in [0.05, 0.1) is 17.3 Å². The Hall–Kier alpha value is -2.11. The third-order valence-corrected chi connectivity index (χ3v) is 3.71. The summed E-state index contributed by atoms with van der Waals surface area (Å²) in [5.41, 5.74) is 1.54. The topological polar surface area (TPSA) is 80.0 Å². The third-order valence-electron chi connectivity index (χ3n) is 3.71. The molecule has 3 rings (SSSR count). The Bertz CT molecular complexity index is 643. The molecule has 0 aromatic carbocycles. The fourth-order valence-electron chi connectivity index (χ4n) is 2.64. The minimum absolute atomic E-state index is 0.208. The van der Waals surface area contributed by atoms with Crippen LogP contribution in [0.2, 0.25) is 0 Å². The summed E-state index contributed by atoms with van der Waals surface area (Å²) in [4.78, 5) is 15.5. The number of aryl methyl sites for hydroxylation is 1. The lowest BCUT2D eigenvalue weighted by atomic mass is 9.81. The fraction of sp³-hybridized carbons (Fsp3) is 0.462. The fourth-order valence-corrected chi connectivity index (χ4v) is 2.64. The normalized spacial score (nSPS) is 22.2. The summed E-state index contributed by atoms with van der Waals surface area (Å²) in [5.74, 6) is -0.259. The lowest BCUT2D eigenvalue weighted by Gasteiger charge is -2.34. The number of carboxylic acid groups (broad SMARTS) is 1. The zero-order chi connectivity index (χ0) is 13.6. The molecule has 1 saturated carbocycles. The Morgan fingerprint density at radius 3 is 2.84 bits per heavy atom. The number of aromatic carboxylic acids is 1. The van der Waals surface area contributed by atoms with Gasteiger partial charge in [-0.1, -0.05) is 6.92 Å². The number of hydrogen-bond donors (Lipinski definition) is 2. The minimum Gasteiger partial charge on any atom is -0.478 e. The van der Waals surface area contributed by atoms with Crippen molar-refractivity contribution in [3.8, 4) is 0 Å². The molecule has 1 fully saturated rings. The van der Waals surface area contributed by atoms with E-state index in [-0.39, 0.29) is 5.56 Å². The third kappa shape index (κ3) is 1.93. The first kappa shape index (κ1) is 12.0.